The van der Waals surface area contributed by atoms with E-state index in [0.29, 0.717) is 12.0 Å². The number of rotatable bonds is 5. The van der Waals surface area contributed by atoms with E-state index in [-0.39, 0.29) is 17.9 Å². The smallest absolute Gasteiger partial charge is 0.277 e. The second kappa shape index (κ2) is 8.46. The van der Waals surface area contributed by atoms with Gasteiger partial charge in [0.25, 0.3) is 5.56 Å². The van der Waals surface area contributed by atoms with E-state index in [1.165, 1.54) is 10.1 Å². The molecule has 6 nitrogen and oxygen atoms in total. The second-order valence-corrected chi connectivity index (χ2v) is 8.39. The topological polar surface area (TPSA) is 68.4 Å². The summed E-state index contributed by atoms with van der Waals surface area (Å²) in [5.41, 5.74) is 7.96. The number of carbonyl (C=O) groups is 1. The molecule has 2 aromatic carbocycles. The summed E-state index contributed by atoms with van der Waals surface area (Å²) in [7, 11) is 1.92. The monoisotopic (exact) mass is 428 g/mol. The first-order chi connectivity index (χ1) is 15.3. The van der Waals surface area contributed by atoms with Crippen molar-refractivity contribution < 1.29 is 4.79 Å². The van der Waals surface area contributed by atoms with Crippen LogP contribution in [0.25, 0.3) is 16.9 Å². The van der Waals surface area contributed by atoms with Crippen molar-refractivity contribution in [3.8, 4) is 11.3 Å². The molecule has 0 saturated carbocycles. The molecular formula is C26H28N4O2. The number of carbonyl (C=O) groups excluding carboxylic acids is 1. The van der Waals surface area contributed by atoms with Crippen LogP contribution in [0.2, 0.25) is 0 Å². The molecule has 32 heavy (non-hydrogen) atoms. The summed E-state index contributed by atoms with van der Waals surface area (Å²) in [5, 5.41) is 7.53. The van der Waals surface area contributed by atoms with E-state index in [4.69, 9.17) is 0 Å². The van der Waals surface area contributed by atoms with Gasteiger partial charge in [0.05, 0.1) is 5.69 Å². The number of amides is 1. The van der Waals surface area contributed by atoms with Gasteiger partial charge in [-0.2, -0.15) is 9.61 Å². The maximum atomic E-state index is 13.2. The predicted molar refractivity (Wildman–Crippen MR) is 128 cm³/mol. The molecule has 0 unspecified atom stereocenters. The van der Waals surface area contributed by atoms with Crippen molar-refractivity contribution in [2.45, 2.75) is 40.5 Å². The van der Waals surface area contributed by atoms with Gasteiger partial charge < -0.3 is 9.88 Å². The largest absolute Gasteiger partial charge is 0.333 e. The number of aryl methyl sites for hydroxylation is 4. The molecule has 0 aliphatic carbocycles. The van der Waals surface area contributed by atoms with Gasteiger partial charge in [-0.3, -0.25) is 9.59 Å². The normalized spacial score (nSPS) is 11.2. The summed E-state index contributed by atoms with van der Waals surface area (Å²) >= 11 is 0. The summed E-state index contributed by atoms with van der Waals surface area (Å²) in [6.45, 7) is 8.00. The zero-order valence-electron chi connectivity index (χ0n) is 19.2. The van der Waals surface area contributed by atoms with E-state index in [2.05, 4.69) is 10.4 Å². The molecule has 0 radical (unpaired) electrons. The summed E-state index contributed by atoms with van der Waals surface area (Å²) in [5.74, 6) is -0.115. The molecular weight excluding hydrogens is 400 g/mol. The first kappa shape index (κ1) is 21.6. The minimum Gasteiger partial charge on any atom is -0.333 e. The molecule has 2 aromatic heterocycles. The number of aromatic nitrogens is 3. The van der Waals surface area contributed by atoms with Crippen molar-refractivity contribution in [3.05, 3.63) is 86.8 Å². The lowest BCUT2D eigenvalue weighted by atomic mass is 10.1. The zero-order chi connectivity index (χ0) is 23.0. The van der Waals surface area contributed by atoms with Gasteiger partial charge in [0.15, 0.2) is 0 Å². The average molecular weight is 429 g/mol. The van der Waals surface area contributed by atoms with E-state index in [1.807, 2.05) is 87.8 Å². The molecule has 0 aliphatic heterocycles. The molecule has 0 spiro atoms. The van der Waals surface area contributed by atoms with Crippen molar-refractivity contribution in [2.75, 3.05) is 5.32 Å². The van der Waals surface area contributed by atoms with E-state index in [1.54, 1.807) is 0 Å². The Bertz CT molecular complexity index is 1400. The fraction of sp³-hybridized carbons (Fsp3) is 0.269. The SMILES string of the molecule is Cc1ccc(NC(=O)CCc2c(C)n(C)c3cc(-c4ccccc4C)nn3c2=O)cc1C. The summed E-state index contributed by atoms with van der Waals surface area (Å²) in [6, 6.07) is 15.8. The third-order valence-corrected chi connectivity index (χ3v) is 6.24. The molecule has 164 valence electrons. The third-order valence-electron chi connectivity index (χ3n) is 6.24. The maximum absolute atomic E-state index is 13.2. The average Bonchev–Trinajstić information content (AvgIpc) is 3.21. The highest BCUT2D eigenvalue weighted by Gasteiger charge is 2.17. The molecule has 0 fully saturated rings. The van der Waals surface area contributed by atoms with Crippen LogP contribution in [-0.2, 0) is 18.3 Å². The van der Waals surface area contributed by atoms with Gasteiger partial charge in [-0.25, -0.2) is 0 Å². The highest BCUT2D eigenvalue weighted by Crippen LogP contribution is 2.23. The number of hydrogen-bond acceptors (Lipinski definition) is 3. The minimum atomic E-state index is -0.172. The number of fused-ring (bicyclic) bond motifs is 1. The van der Waals surface area contributed by atoms with E-state index in [9.17, 15) is 9.59 Å². The number of nitrogens with one attached hydrogen (secondary N) is 1. The van der Waals surface area contributed by atoms with Crippen molar-refractivity contribution in [2.24, 2.45) is 7.05 Å². The van der Waals surface area contributed by atoms with Gasteiger partial charge in [0.1, 0.15) is 5.65 Å². The van der Waals surface area contributed by atoms with Crippen molar-refractivity contribution >= 4 is 17.2 Å². The number of benzene rings is 2. The van der Waals surface area contributed by atoms with Crippen LogP contribution in [0.1, 0.15) is 34.4 Å². The molecule has 0 atom stereocenters. The summed E-state index contributed by atoms with van der Waals surface area (Å²) in [4.78, 5) is 25.8. The van der Waals surface area contributed by atoms with Crippen molar-refractivity contribution in [3.63, 3.8) is 0 Å². The molecule has 1 N–H and O–H groups in total. The lowest BCUT2D eigenvalue weighted by Crippen LogP contribution is -2.26. The molecule has 6 heteroatoms. The van der Waals surface area contributed by atoms with Crippen LogP contribution >= 0.6 is 0 Å². The highest BCUT2D eigenvalue weighted by atomic mass is 16.1. The van der Waals surface area contributed by atoms with Crippen molar-refractivity contribution in [1.29, 1.82) is 0 Å². The molecule has 4 rings (SSSR count). The van der Waals surface area contributed by atoms with Gasteiger partial charge in [-0.05, 0) is 62.9 Å². The minimum absolute atomic E-state index is 0.115. The number of nitrogens with zero attached hydrogens (tertiary/aromatic N) is 3. The van der Waals surface area contributed by atoms with E-state index >= 15 is 0 Å². The molecule has 2 heterocycles. The number of anilines is 1. The third kappa shape index (κ3) is 3.96. The standard InChI is InChI=1S/C26H28N4O2/c1-16-10-11-20(14-18(16)3)27-24(31)13-12-22-19(4)29(5)25-15-23(28-30(25)26(22)32)21-9-7-6-8-17(21)2/h6-11,14-15H,12-13H2,1-5H3,(H,27,31). The van der Waals surface area contributed by atoms with Gasteiger partial charge in [0.2, 0.25) is 5.91 Å². The van der Waals surface area contributed by atoms with E-state index < -0.39 is 0 Å². The van der Waals surface area contributed by atoms with Crippen LogP contribution in [0.4, 0.5) is 5.69 Å². The number of hydrogen-bond donors (Lipinski definition) is 1. The van der Waals surface area contributed by atoms with Gasteiger partial charge in [-0.15, -0.1) is 0 Å². The second-order valence-electron chi connectivity index (χ2n) is 8.39. The van der Waals surface area contributed by atoms with Gasteiger partial charge in [0, 0.05) is 42.0 Å². The van der Waals surface area contributed by atoms with Crippen LogP contribution in [0.15, 0.2) is 53.3 Å². The highest BCUT2D eigenvalue weighted by molar-refractivity contribution is 5.91. The van der Waals surface area contributed by atoms with Gasteiger partial charge >= 0.3 is 0 Å². The Hall–Kier alpha value is -3.67. The Morgan fingerprint density at radius 2 is 1.72 bits per heavy atom. The van der Waals surface area contributed by atoms with Crippen LogP contribution in [0.5, 0.6) is 0 Å². The summed E-state index contributed by atoms with van der Waals surface area (Å²) < 4.78 is 3.41. The molecule has 1 amide bonds. The first-order valence-electron chi connectivity index (χ1n) is 10.8. The van der Waals surface area contributed by atoms with Gasteiger partial charge in [-0.1, -0.05) is 30.3 Å². The lowest BCUT2D eigenvalue weighted by Gasteiger charge is -2.12. The Morgan fingerprint density at radius 1 is 0.969 bits per heavy atom. The van der Waals surface area contributed by atoms with Crippen molar-refractivity contribution in [1.82, 2.24) is 14.2 Å². The maximum Gasteiger partial charge on any atom is 0.277 e. The molecule has 0 bridgehead atoms. The van der Waals surface area contributed by atoms with Crippen LogP contribution in [-0.4, -0.2) is 20.1 Å². The Kier molecular flexibility index (Phi) is 5.70. The zero-order valence-corrected chi connectivity index (χ0v) is 19.2. The fourth-order valence-electron chi connectivity index (χ4n) is 3.98. The summed E-state index contributed by atoms with van der Waals surface area (Å²) in [6.07, 6.45) is 0.575. The molecule has 0 aliphatic rings. The predicted octanol–water partition coefficient (Wildman–Crippen LogP) is 4.50. The first-order valence-corrected chi connectivity index (χ1v) is 10.8. The van der Waals surface area contributed by atoms with E-state index in [0.717, 1.165) is 39.4 Å². The molecule has 4 aromatic rings. The Balaban J connectivity index is 1.61. The molecule has 0 saturated heterocycles. The van der Waals surface area contributed by atoms with Crippen LogP contribution in [0, 0.1) is 27.7 Å². The van der Waals surface area contributed by atoms with Crippen LogP contribution < -0.4 is 10.9 Å². The van der Waals surface area contributed by atoms with Crippen LogP contribution in [0.3, 0.4) is 0 Å². The fourth-order valence-corrected chi connectivity index (χ4v) is 3.98. The Labute approximate surface area is 187 Å². The Morgan fingerprint density at radius 3 is 2.44 bits per heavy atom. The quantitative estimate of drug-likeness (QED) is 0.509. The lowest BCUT2D eigenvalue weighted by molar-refractivity contribution is -0.116.